The number of ether oxygens (including phenoxy) is 1. The predicted molar refractivity (Wildman–Crippen MR) is 72.7 cm³/mol. The molecule has 0 aliphatic heterocycles. The Balaban J connectivity index is 1.94. The third-order valence-corrected chi connectivity index (χ3v) is 3.30. The third kappa shape index (κ3) is 3.33. The highest BCUT2D eigenvalue weighted by Crippen LogP contribution is 2.28. The average molecular weight is 247 g/mol. The minimum atomic E-state index is 0.0486. The lowest BCUT2D eigenvalue weighted by molar-refractivity contribution is -0.123. The lowest BCUT2D eigenvalue weighted by atomic mass is 10.2. The van der Waals surface area contributed by atoms with Gasteiger partial charge in [0.2, 0.25) is 0 Å². The first-order valence-corrected chi connectivity index (χ1v) is 6.66. The molecule has 0 heterocycles. The van der Waals surface area contributed by atoms with Crippen LogP contribution in [0.5, 0.6) is 0 Å². The van der Waals surface area contributed by atoms with Crippen LogP contribution in [-0.2, 0) is 9.53 Å². The van der Waals surface area contributed by atoms with Gasteiger partial charge in [-0.05, 0) is 44.2 Å². The summed E-state index contributed by atoms with van der Waals surface area (Å²) in [6.45, 7) is 5.62. The molecule has 98 valence electrons. The van der Waals surface area contributed by atoms with Gasteiger partial charge in [0.1, 0.15) is 6.61 Å². The van der Waals surface area contributed by atoms with Gasteiger partial charge in [0.15, 0.2) is 0 Å². The molecule has 0 unspecified atom stereocenters. The maximum Gasteiger partial charge on any atom is 0.252 e. The molecule has 0 saturated heterocycles. The Bertz CT molecular complexity index is 413. The Morgan fingerprint density at radius 1 is 1.39 bits per heavy atom. The summed E-state index contributed by atoms with van der Waals surface area (Å²) in [6.07, 6.45) is 2.51. The number of carbonyl (C=O) groups is 1. The molecule has 1 aromatic carbocycles. The molecular weight excluding hydrogens is 226 g/mol. The first-order chi connectivity index (χ1) is 8.72. The smallest absolute Gasteiger partial charge is 0.252 e. The van der Waals surface area contributed by atoms with Crippen molar-refractivity contribution in [1.82, 2.24) is 0 Å². The molecule has 1 aromatic rings. The fraction of sp³-hybridized carbons (Fsp3) is 0.533. The van der Waals surface area contributed by atoms with Gasteiger partial charge in [-0.15, -0.1) is 0 Å². The Morgan fingerprint density at radius 2 is 2.11 bits per heavy atom. The van der Waals surface area contributed by atoms with Crippen LogP contribution in [0.2, 0.25) is 0 Å². The number of aryl methyl sites for hydroxylation is 1. The van der Waals surface area contributed by atoms with Crippen LogP contribution in [0.3, 0.4) is 0 Å². The molecular formula is C15H21NO2. The molecule has 2 rings (SSSR count). The maximum absolute atomic E-state index is 12.1. The van der Waals surface area contributed by atoms with Crippen LogP contribution >= 0.6 is 0 Å². The van der Waals surface area contributed by atoms with E-state index in [1.807, 2.05) is 38.1 Å². The SMILES string of the molecule is CCN(C(=O)COCC1CC1)c1ccccc1C. The summed E-state index contributed by atoms with van der Waals surface area (Å²) in [5, 5.41) is 0. The molecule has 1 aliphatic carbocycles. The van der Waals surface area contributed by atoms with E-state index in [1.165, 1.54) is 12.8 Å². The number of anilines is 1. The number of rotatable bonds is 6. The molecule has 18 heavy (non-hydrogen) atoms. The van der Waals surface area contributed by atoms with Crippen LogP contribution in [0.25, 0.3) is 0 Å². The molecule has 1 amide bonds. The minimum absolute atomic E-state index is 0.0486. The van der Waals surface area contributed by atoms with E-state index < -0.39 is 0 Å². The van der Waals surface area contributed by atoms with Crippen molar-refractivity contribution < 1.29 is 9.53 Å². The number of likely N-dealkylation sites (N-methyl/N-ethyl adjacent to an activating group) is 1. The van der Waals surface area contributed by atoms with Crippen molar-refractivity contribution in [3.05, 3.63) is 29.8 Å². The molecule has 1 fully saturated rings. The summed E-state index contributed by atoms with van der Waals surface area (Å²) in [4.78, 5) is 13.9. The molecule has 0 spiro atoms. The van der Waals surface area contributed by atoms with Gasteiger partial charge in [0.05, 0.1) is 6.61 Å². The fourth-order valence-corrected chi connectivity index (χ4v) is 2.02. The van der Waals surface area contributed by atoms with E-state index in [2.05, 4.69) is 0 Å². The van der Waals surface area contributed by atoms with Gasteiger partial charge in [-0.1, -0.05) is 18.2 Å². The molecule has 0 bridgehead atoms. The van der Waals surface area contributed by atoms with Crippen molar-refractivity contribution in [1.29, 1.82) is 0 Å². The summed E-state index contributed by atoms with van der Waals surface area (Å²) in [5.74, 6) is 0.749. The quantitative estimate of drug-likeness (QED) is 0.773. The summed E-state index contributed by atoms with van der Waals surface area (Å²) in [5.41, 5.74) is 2.11. The van der Waals surface area contributed by atoms with Gasteiger partial charge in [-0.25, -0.2) is 0 Å². The standard InChI is InChI=1S/C15H21NO2/c1-3-16(14-7-5-4-6-12(14)2)15(17)11-18-10-13-8-9-13/h4-7,13H,3,8-11H2,1-2H3. The summed E-state index contributed by atoms with van der Waals surface area (Å²) in [7, 11) is 0. The van der Waals surface area contributed by atoms with E-state index in [0.717, 1.165) is 17.9 Å². The Hall–Kier alpha value is -1.35. The van der Waals surface area contributed by atoms with E-state index in [4.69, 9.17) is 4.74 Å². The zero-order valence-electron chi connectivity index (χ0n) is 11.2. The summed E-state index contributed by atoms with van der Waals surface area (Å²) >= 11 is 0. The molecule has 0 atom stereocenters. The zero-order valence-corrected chi connectivity index (χ0v) is 11.2. The number of benzene rings is 1. The second-order valence-corrected chi connectivity index (χ2v) is 4.88. The second kappa shape index (κ2) is 6.01. The highest BCUT2D eigenvalue weighted by atomic mass is 16.5. The molecule has 1 aliphatic rings. The maximum atomic E-state index is 12.1. The van der Waals surface area contributed by atoms with Crippen molar-refractivity contribution in [2.24, 2.45) is 5.92 Å². The Labute approximate surface area is 109 Å². The van der Waals surface area contributed by atoms with Crippen LogP contribution in [0, 0.1) is 12.8 Å². The van der Waals surface area contributed by atoms with Crippen LogP contribution in [0.15, 0.2) is 24.3 Å². The topological polar surface area (TPSA) is 29.5 Å². The van der Waals surface area contributed by atoms with Crippen molar-refractivity contribution in [3.63, 3.8) is 0 Å². The van der Waals surface area contributed by atoms with Crippen LogP contribution in [0.1, 0.15) is 25.3 Å². The molecule has 0 aromatic heterocycles. The third-order valence-electron chi connectivity index (χ3n) is 3.30. The number of para-hydroxylation sites is 1. The number of hydrogen-bond donors (Lipinski definition) is 0. The monoisotopic (exact) mass is 247 g/mol. The molecule has 3 heteroatoms. The summed E-state index contributed by atoms with van der Waals surface area (Å²) < 4.78 is 5.47. The lowest BCUT2D eigenvalue weighted by Gasteiger charge is -2.22. The van der Waals surface area contributed by atoms with Crippen LogP contribution in [-0.4, -0.2) is 25.7 Å². The highest BCUT2D eigenvalue weighted by molar-refractivity contribution is 5.94. The van der Waals surface area contributed by atoms with Gasteiger partial charge in [-0.2, -0.15) is 0 Å². The van der Waals surface area contributed by atoms with E-state index in [9.17, 15) is 4.79 Å². The minimum Gasteiger partial charge on any atom is -0.371 e. The molecule has 3 nitrogen and oxygen atoms in total. The molecule has 1 saturated carbocycles. The predicted octanol–water partition coefficient (Wildman–Crippen LogP) is 2.77. The summed E-state index contributed by atoms with van der Waals surface area (Å²) in [6, 6.07) is 7.96. The average Bonchev–Trinajstić information content (AvgIpc) is 3.16. The van der Waals surface area contributed by atoms with Crippen molar-refractivity contribution >= 4 is 11.6 Å². The normalized spacial score (nSPS) is 14.6. The van der Waals surface area contributed by atoms with Gasteiger partial charge >= 0.3 is 0 Å². The van der Waals surface area contributed by atoms with Gasteiger partial charge in [0.25, 0.3) is 5.91 Å². The fourth-order valence-electron chi connectivity index (χ4n) is 2.02. The lowest BCUT2D eigenvalue weighted by Crippen LogP contribution is -2.34. The zero-order chi connectivity index (χ0) is 13.0. The van der Waals surface area contributed by atoms with Gasteiger partial charge in [-0.3, -0.25) is 4.79 Å². The molecule has 0 radical (unpaired) electrons. The van der Waals surface area contributed by atoms with E-state index in [-0.39, 0.29) is 12.5 Å². The number of nitrogens with zero attached hydrogens (tertiary/aromatic N) is 1. The Kier molecular flexibility index (Phi) is 4.37. The largest absolute Gasteiger partial charge is 0.371 e. The van der Waals surface area contributed by atoms with E-state index in [0.29, 0.717) is 12.5 Å². The molecule has 0 N–H and O–H groups in total. The van der Waals surface area contributed by atoms with Crippen molar-refractivity contribution in [2.75, 3.05) is 24.7 Å². The first-order valence-electron chi connectivity index (χ1n) is 6.66. The van der Waals surface area contributed by atoms with Crippen molar-refractivity contribution in [2.45, 2.75) is 26.7 Å². The van der Waals surface area contributed by atoms with Crippen LogP contribution < -0.4 is 4.90 Å². The first kappa shape index (κ1) is 13.1. The van der Waals surface area contributed by atoms with Crippen molar-refractivity contribution in [3.8, 4) is 0 Å². The van der Waals surface area contributed by atoms with E-state index in [1.54, 1.807) is 4.90 Å². The highest BCUT2D eigenvalue weighted by Gasteiger charge is 2.22. The Morgan fingerprint density at radius 3 is 2.72 bits per heavy atom. The number of hydrogen-bond acceptors (Lipinski definition) is 2. The van der Waals surface area contributed by atoms with Gasteiger partial charge in [0, 0.05) is 12.2 Å². The second-order valence-electron chi connectivity index (χ2n) is 4.88. The number of carbonyl (C=O) groups excluding carboxylic acids is 1. The number of amides is 1. The van der Waals surface area contributed by atoms with Gasteiger partial charge < -0.3 is 9.64 Å². The van der Waals surface area contributed by atoms with E-state index >= 15 is 0 Å². The van der Waals surface area contributed by atoms with Crippen LogP contribution in [0.4, 0.5) is 5.69 Å².